The van der Waals surface area contributed by atoms with Crippen molar-refractivity contribution in [3.05, 3.63) is 57.6 Å². The molecule has 0 fully saturated rings. The highest BCUT2D eigenvalue weighted by Crippen LogP contribution is 2.24. The molecule has 104 valence electrons. The number of carbonyl (C=O) groups excluding carboxylic acids is 1. The molecule has 0 bridgehead atoms. The van der Waals surface area contributed by atoms with Crippen molar-refractivity contribution in [3.63, 3.8) is 0 Å². The Morgan fingerprint density at radius 2 is 1.85 bits per heavy atom. The van der Waals surface area contributed by atoms with E-state index >= 15 is 0 Å². The number of benzene rings is 2. The van der Waals surface area contributed by atoms with Crippen LogP contribution in [0.2, 0.25) is 0 Å². The van der Waals surface area contributed by atoms with Gasteiger partial charge in [-0.05, 0) is 52.7 Å². The van der Waals surface area contributed by atoms with Gasteiger partial charge in [-0.3, -0.25) is 4.79 Å². The smallest absolute Gasteiger partial charge is 0.255 e. The molecule has 0 spiro atoms. The molecule has 0 saturated carbocycles. The van der Waals surface area contributed by atoms with Crippen molar-refractivity contribution in [1.82, 2.24) is 0 Å². The molecule has 0 saturated heterocycles. The fraction of sp³-hybridized carbons (Fsp3) is 0.0714. The molecule has 2 aromatic carbocycles. The Hall–Kier alpha value is -1.95. The summed E-state index contributed by atoms with van der Waals surface area (Å²) >= 11 is 2.94. The lowest BCUT2D eigenvalue weighted by Crippen LogP contribution is -2.13. The number of nitrogens with two attached hydrogens (primary N) is 1. The molecule has 0 unspecified atom stereocenters. The Bertz CT molecular complexity index is 669. The van der Waals surface area contributed by atoms with Gasteiger partial charge in [0.15, 0.2) is 0 Å². The van der Waals surface area contributed by atoms with Gasteiger partial charge in [0.2, 0.25) is 0 Å². The van der Waals surface area contributed by atoms with Crippen LogP contribution in [0.4, 0.5) is 20.2 Å². The average Bonchev–Trinajstić information content (AvgIpc) is 2.34. The molecule has 0 aromatic heterocycles. The molecule has 0 atom stereocenters. The number of anilines is 2. The molecule has 2 aromatic rings. The van der Waals surface area contributed by atoms with E-state index in [1.165, 1.54) is 12.1 Å². The molecule has 3 N–H and O–H groups in total. The highest BCUT2D eigenvalue weighted by atomic mass is 79.9. The summed E-state index contributed by atoms with van der Waals surface area (Å²) in [6.45, 7) is 1.79. The molecule has 2 rings (SSSR count). The zero-order valence-electron chi connectivity index (χ0n) is 10.5. The minimum Gasteiger partial charge on any atom is -0.399 e. The SMILES string of the molecule is Cc1cc(N)cc(C(=O)Nc2cc(Br)c(F)cc2F)c1. The molecule has 0 aliphatic heterocycles. The summed E-state index contributed by atoms with van der Waals surface area (Å²) in [5.74, 6) is -2.10. The number of aryl methyl sites for hydroxylation is 1. The van der Waals surface area contributed by atoms with Crippen LogP contribution in [0.25, 0.3) is 0 Å². The van der Waals surface area contributed by atoms with Crippen LogP contribution in [0.15, 0.2) is 34.8 Å². The van der Waals surface area contributed by atoms with E-state index in [-0.39, 0.29) is 10.2 Å². The van der Waals surface area contributed by atoms with Crippen LogP contribution in [0, 0.1) is 18.6 Å². The first-order valence-corrected chi connectivity index (χ1v) is 6.49. The standard InChI is InChI=1S/C14H11BrF2N2O/c1-7-2-8(4-9(18)3-7)14(20)19-13-5-10(15)11(16)6-12(13)17/h2-6H,18H2,1H3,(H,19,20). The number of halogens is 3. The van der Waals surface area contributed by atoms with Crippen molar-refractivity contribution in [2.24, 2.45) is 0 Å². The van der Waals surface area contributed by atoms with Crippen molar-refractivity contribution in [2.75, 3.05) is 11.1 Å². The fourth-order valence-electron chi connectivity index (χ4n) is 1.76. The first-order chi connectivity index (χ1) is 9.36. The Labute approximate surface area is 122 Å². The number of carbonyl (C=O) groups is 1. The van der Waals surface area contributed by atoms with Gasteiger partial charge in [0.1, 0.15) is 11.6 Å². The number of nitrogens with one attached hydrogen (secondary N) is 1. The summed E-state index contributed by atoms with van der Waals surface area (Å²) in [7, 11) is 0. The topological polar surface area (TPSA) is 55.1 Å². The second-order valence-corrected chi connectivity index (χ2v) is 5.19. The highest BCUT2D eigenvalue weighted by molar-refractivity contribution is 9.10. The van der Waals surface area contributed by atoms with E-state index in [2.05, 4.69) is 21.2 Å². The zero-order valence-corrected chi connectivity index (χ0v) is 12.1. The number of rotatable bonds is 2. The van der Waals surface area contributed by atoms with Crippen LogP contribution in [-0.2, 0) is 0 Å². The predicted molar refractivity (Wildman–Crippen MR) is 77.6 cm³/mol. The second-order valence-electron chi connectivity index (χ2n) is 4.33. The van der Waals surface area contributed by atoms with E-state index in [1.807, 2.05) is 0 Å². The largest absolute Gasteiger partial charge is 0.399 e. The summed E-state index contributed by atoms with van der Waals surface area (Å²) in [5.41, 5.74) is 7.11. The Balaban J connectivity index is 2.30. The summed E-state index contributed by atoms with van der Waals surface area (Å²) in [6.07, 6.45) is 0. The molecule has 6 heteroatoms. The van der Waals surface area contributed by atoms with E-state index in [0.29, 0.717) is 17.3 Å². The Kier molecular flexibility index (Phi) is 4.04. The molecule has 1 amide bonds. The minimum atomic E-state index is -0.848. The van der Waals surface area contributed by atoms with Crippen LogP contribution >= 0.6 is 15.9 Å². The minimum absolute atomic E-state index is 0.0676. The van der Waals surface area contributed by atoms with Gasteiger partial charge in [0, 0.05) is 17.3 Å². The molecule has 3 nitrogen and oxygen atoms in total. The van der Waals surface area contributed by atoms with Crippen molar-refractivity contribution in [1.29, 1.82) is 0 Å². The maximum Gasteiger partial charge on any atom is 0.255 e. The van der Waals surface area contributed by atoms with Gasteiger partial charge in [0.05, 0.1) is 10.2 Å². The van der Waals surface area contributed by atoms with Gasteiger partial charge in [-0.15, -0.1) is 0 Å². The van der Waals surface area contributed by atoms with Crippen molar-refractivity contribution in [3.8, 4) is 0 Å². The molecule has 20 heavy (non-hydrogen) atoms. The summed E-state index contributed by atoms with van der Waals surface area (Å²) in [5, 5.41) is 2.38. The van der Waals surface area contributed by atoms with Gasteiger partial charge in [0.25, 0.3) is 5.91 Å². The molecule has 0 aliphatic rings. The lowest BCUT2D eigenvalue weighted by atomic mass is 10.1. The fourth-order valence-corrected chi connectivity index (χ4v) is 2.10. The Morgan fingerprint density at radius 3 is 2.50 bits per heavy atom. The molecular formula is C14H11BrF2N2O. The molecule has 0 radical (unpaired) electrons. The van der Waals surface area contributed by atoms with Gasteiger partial charge in [-0.25, -0.2) is 8.78 Å². The number of hydrogen-bond donors (Lipinski definition) is 2. The van der Waals surface area contributed by atoms with Crippen LogP contribution in [0.1, 0.15) is 15.9 Å². The summed E-state index contributed by atoms with van der Waals surface area (Å²) < 4.78 is 26.7. The van der Waals surface area contributed by atoms with E-state index in [9.17, 15) is 13.6 Å². The van der Waals surface area contributed by atoms with E-state index < -0.39 is 17.5 Å². The Morgan fingerprint density at radius 1 is 1.15 bits per heavy atom. The van der Waals surface area contributed by atoms with Crippen molar-refractivity contribution < 1.29 is 13.6 Å². The van der Waals surface area contributed by atoms with Crippen molar-refractivity contribution >= 4 is 33.2 Å². The van der Waals surface area contributed by atoms with Gasteiger partial charge >= 0.3 is 0 Å². The number of amides is 1. The third kappa shape index (κ3) is 3.14. The number of hydrogen-bond acceptors (Lipinski definition) is 2. The normalized spacial score (nSPS) is 10.4. The first kappa shape index (κ1) is 14.5. The van der Waals surface area contributed by atoms with Crippen molar-refractivity contribution in [2.45, 2.75) is 6.92 Å². The molecule has 0 heterocycles. The predicted octanol–water partition coefficient (Wildman–Crippen LogP) is 3.87. The van der Waals surface area contributed by atoms with Crippen LogP contribution in [0.3, 0.4) is 0 Å². The van der Waals surface area contributed by atoms with E-state index in [0.717, 1.165) is 5.56 Å². The van der Waals surface area contributed by atoms with Gasteiger partial charge in [-0.1, -0.05) is 0 Å². The monoisotopic (exact) mass is 340 g/mol. The quantitative estimate of drug-likeness (QED) is 0.644. The maximum absolute atomic E-state index is 13.6. The van der Waals surface area contributed by atoms with Gasteiger partial charge in [-0.2, -0.15) is 0 Å². The summed E-state index contributed by atoms with van der Waals surface area (Å²) in [4.78, 5) is 12.0. The maximum atomic E-state index is 13.6. The van der Waals surface area contributed by atoms with Crippen LogP contribution < -0.4 is 11.1 Å². The van der Waals surface area contributed by atoms with Crippen LogP contribution in [-0.4, -0.2) is 5.91 Å². The highest BCUT2D eigenvalue weighted by Gasteiger charge is 2.13. The lowest BCUT2D eigenvalue weighted by molar-refractivity contribution is 0.102. The van der Waals surface area contributed by atoms with E-state index in [1.54, 1.807) is 19.1 Å². The number of nitrogen functional groups attached to an aromatic ring is 1. The third-order valence-corrected chi connectivity index (χ3v) is 3.23. The first-order valence-electron chi connectivity index (χ1n) is 5.70. The van der Waals surface area contributed by atoms with E-state index in [4.69, 9.17) is 5.73 Å². The zero-order chi connectivity index (χ0) is 14.9. The molecular weight excluding hydrogens is 330 g/mol. The second kappa shape index (κ2) is 5.58. The van der Waals surface area contributed by atoms with Gasteiger partial charge < -0.3 is 11.1 Å². The average molecular weight is 341 g/mol. The third-order valence-electron chi connectivity index (χ3n) is 2.62. The summed E-state index contributed by atoms with van der Waals surface area (Å²) in [6, 6.07) is 6.69. The lowest BCUT2D eigenvalue weighted by Gasteiger charge is -2.09. The molecule has 0 aliphatic carbocycles. The van der Waals surface area contributed by atoms with Crippen LogP contribution in [0.5, 0.6) is 0 Å².